The van der Waals surface area contributed by atoms with Crippen molar-refractivity contribution in [3.05, 3.63) is 22.1 Å². The molecule has 0 aliphatic heterocycles. The van der Waals surface area contributed by atoms with Gasteiger partial charge in [-0.3, -0.25) is 0 Å². The van der Waals surface area contributed by atoms with Gasteiger partial charge in [0.2, 0.25) is 0 Å². The molecule has 0 amide bonds. The first-order valence-electron chi connectivity index (χ1n) is 3.66. The van der Waals surface area contributed by atoms with Crippen LogP contribution < -0.4 is 4.74 Å². The van der Waals surface area contributed by atoms with Crippen molar-refractivity contribution in [3.8, 4) is 5.75 Å². The van der Waals surface area contributed by atoms with E-state index in [-0.39, 0.29) is 5.75 Å². The molecule has 0 fully saturated rings. The first-order valence-corrected chi connectivity index (χ1v) is 5.27. The summed E-state index contributed by atoms with van der Waals surface area (Å²) in [6.07, 6.45) is 0. The van der Waals surface area contributed by atoms with Crippen LogP contribution in [0.2, 0.25) is 0 Å². The van der Waals surface area contributed by atoms with Crippen molar-refractivity contribution < 1.29 is 13.5 Å². The van der Waals surface area contributed by atoms with Gasteiger partial charge in [0.1, 0.15) is 5.75 Å². The number of nitrogens with zero attached hydrogens (tertiary/aromatic N) is 1. The van der Waals surface area contributed by atoms with Crippen LogP contribution in [0.3, 0.4) is 0 Å². The van der Waals surface area contributed by atoms with Gasteiger partial charge >= 0.3 is 6.61 Å². The number of alkyl halides is 2. The van der Waals surface area contributed by atoms with E-state index in [4.69, 9.17) is 0 Å². The lowest BCUT2D eigenvalue weighted by Crippen LogP contribution is -2.01. The number of fused-ring (bicyclic) bond motifs is 1. The Kier molecular flexibility index (Phi) is 2.64. The zero-order chi connectivity index (χ0) is 10.1. The molecule has 0 atom stereocenters. The molecule has 0 radical (unpaired) electrons. The first kappa shape index (κ1) is 9.79. The van der Waals surface area contributed by atoms with Crippen LogP contribution in [0.5, 0.6) is 5.75 Å². The number of ether oxygens (including phenoxy) is 1. The van der Waals surface area contributed by atoms with Crippen LogP contribution >= 0.6 is 27.3 Å². The molecule has 2 aromatic rings. The van der Waals surface area contributed by atoms with E-state index >= 15 is 0 Å². The van der Waals surface area contributed by atoms with Crippen molar-refractivity contribution in [1.29, 1.82) is 0 Å². The fourth-order valence-corrected chi connectivity index (χ4v) is 2.51. The maximum atomic E-state index is 12.0. The van der Waals surface area contributed by atoms with Gasteiger partial charge in [0.15, 0.2) is 3.92 Å². The molecule has 1 aromatic carbocycles. The SMILES string of the molecule is FC(F)Oc1cccc2nc(Br)sc12. The molecule has 74 valence electrons. The quantitative estimate of drug-likeness (QED) is 0.837. The Morgan fingerprint density at radius 3 is 2.93 bits per heavy atom. The summed E-state index contributed by atoms with van der Waals surface area (Å²) in [5.41, 5.74) is 0.653. The number of benzene rings is 1. The largest absolute Gasteiger partial charge is 0.433 e. The highest BCUT2D eigenvalue weighted by atomic mass is 79.9. The van der Waals surface area contributed by atoms with Crippen LogP contribution in [0.1, 0.15) is 0 Å². The third-order valence-corrected chi connectivity index (χ3v) is 3.11. The maximum Gasteiger partial charge on any atom is 0.387 e. The summed E-state index contributed by atoms with van der Waals surface area (Å²) >= 11 is 4.46. The predicted octanol–water partition coefficient (Wildman–Crippen LogP) is 3.66. The van der Waals surface area contributed by atoms with E-state index in [1.165, 1.54) is 17.4 Å². The van der Waals surface area contributed by atoms with Crippen molar-refractivity contribution in [3.63, 3.8) is 0 Å². The Morgan fingerprint density at radius 1 is 1.43 bits per heavy atom. The molecule has 0 aliphatic rings. The van der Waals surface area contributed by atoms with Gasteiger partial charge in [0.25, 0.3) is 0 Å². The van der Waals surface area contributed by atoms with Gasteiger partial charge in [-0.05, 0) is 28.1 Å². The van der Waals surface area contributed by atoms with Crippen LogP contribution in [-0.4, -0.2) is 11.6 Å². The molecule has 2 nitrogen and oxygen atoms in total. The maximum absolute atomic E-state index is 12.0. The minimum absolute atomic E-state index is 0.167. The monoisotopic (exact) mass is 279 g/mol. The van der Waals surface area contributed by atoms with E-state index in [9.17, 15) is 8.78 Å². The Hall–Kier alpha value is -0.750. The van der Waals surface area contributed by atoms with Crippen molar-refractivity contribution in [2.45, 2.75) is 6.61 Å². The second-order valence-electron chi connectivity index (χ2n) is 2.45. The summed E-state index contributed by atoms with van der Waals surface area (Å²) in [5, 5.41) is 0. The molecule has 0 unspecified atom stereocenters. The fourth-order valence-electron chi connectivity index (χ4n) is 1.09. The van der Waals surface area contributed by atoms with Crippen molar-refractivity contribution in [2.24, 2.45) is 0 Å². The molecule has 14 heavy (non-hydrogen) atoms. The highest BCUT2D eigenvalue weighted by Gasteiger charge is 2.11. The Balaban J connectivity index is 2.53. The lowest BCUT2D eigenvalue weighted by molar-refractivity contribution is -0.0486. The van der Waals surface area contributed by atoms with Crippen LogP contribution in [0.15, 0.2) is 22.1 Å². The minimum Gasteiger partial charge on any atom is -0.433 e. The second kappa shape index (κ2) is 3.78. The van der Waals surface area contributed by atoms with Gasteiger partial charge in [-0.2, -0.15) is 8.78 Å². The van der Waals surface area contributed by atoms with Crippen LogP contribution in [0, 0.1) is 0 Å². The van der Waals surface area contributed by atoms with E-state index in [2.05, 4.69) is 25.7 Å². The molecule has 6 heteroatoms. The molecule has 0 saturated heterocycles. The molecule has 0 aliphatic carbocycles. The van der Waals surface area contributed by atoms with Gasteiger partial charge in [-0.15, -0.1) is 11.3 Å². The highest BCUT2D eigenvalue weighted by Crippen LogP contribution is 2.34. The van der Waals surface area contributed by atoms with Gasteiger partial charge in [0, 0.05) is 0 Å². The summed E-state index contributed by atoms with van der Waals surface area (Å²) in [6, 6.07) is 4.88. The van der Waals surface area contributed by atoms with E-state index in [0.717, 1.165) is 0 Å². The minimum atomic E-state index is -2.80. The summed E-state index contributed by atoms with van der Waals surface area (Å²) in [5.74, 6) is 0.167. The first-order chi connectivity index (χ1) is 6.66. The summed E-state index contributed by atoms with van der Waals surface area (Å²) in [4.78, 5) is 4.09. The topological polar surface area (TPSA) is 22.1 Å². The zero-order valence-electron chi connectivity index (χ0n) is 6.71. The van der Waals surface area contributed by atoms with Crippen LogP contribution in [0.4, 0.5) is 8.78 Å². The fraction of sp³-hybridized carbons (Fsp3) is 0.125. The van der Waals surface area contributed by atoms with Gasteiger partial charge < -0.3 is 4.74 Å². The third kappa shape index (κ3) is 1.85. The number of halogens is 3. The average Bonchev–Trinajstić information content (AvgIpc) is 2.45. The molecule has 1 aromatic heterocycles. The van der Waals surface area contributed by atoms with Gasteiger partial charge in [-0.1, -0.05) is 6.07 Å². The third-order valence-electron chi connectivity index (χ3n) is 1.57. The lowest BCUT2D eigenvalue weighted by Gasteiger charge is -2.03. The standard InChI is InChI=1S/C8H4BrF2NOS/c9-7-12-4-2-1-3-5(6(4)14-7)13-8(10)11/h1-3,8H. The summed E-state index contributed by atoms with van der Waals surface area (Å²) in [6.45, 7) is -2.80. The van der Waals surface area contributed by atoms with Crippen molar-refractivity contribution >= 4 is 37.5 Å². The zero-order valence-corrected chi connectivity index (χ0v) is 9.11. The number of rotatable bonds is 2. The number of hydrogen-bond acceptors (Lipinski definition) is 3. The Bertz CT molecular complexity index is 460. The smallest absolute Gasteiger partial charge is 0.387 e. The van der Waals surface area contributed by atoms with Gasteiger partial charge in [-0.25, -0.2) is 4.98 Å². The van der Waals surface area contributed by atoms with Crippen molar-refractivity contribution in [1.82, 2.24) is 4.98 Å². The molecule has 0 N–H and O–H groups in total. The van der Waals surface area contributed by atoms with E-state index < -0.39 is 6.61 Å². The summed E-state index contributed by atoms with van der Waals surface area (Å²) < 4.78 is 29.6. The molecule has 0 bridgehead atoms. The molecule has 0 spiro atoms. The van der Waals surface area contributed by atoms with Crippen molar-refractivity contribution in [2.75, 3.05) is 0 Å². The average molecular weight is 280 g/mol. The Morgan fingerprint density at radius 2 is 2.21 bits per heavy atom. The van der Waals surface area contributed by atoms with Crippen LogP contribution in [-0.2, 0) is 0 Å². The normalized spacial score (nSPS) is 11.1. The molecule has 0 saturated carbocycles. The van der Waals surface area contributed by atoms with E-state index in [1.807, 2.05) is 0 Å². The number of thiazole rings is 1. The second-order valence-corrected chi connectivity index (χ2v) is 4.72. The molecule has 2 rings (SSSR count). The molecule has 1 heterocycles. The predicted molar refractivity (Wildman–Crippen MR) is 54.0 cm³/mol. The number of hydrogen-bond donors (Lipinski definition) is 0. The van der Waals surface area contributed by atoms with Crippen LogP contribution in [0.25, 0.3) is 10.2 Å². The van der Waals surface area contributed by atoms with Gasteiger partial charge in [0.05, 0.1) is 10.2 Å². The molecular weight excluding hydrogens is 276 g/mol. The van der Waals surface area contributed by atoms with E-state index in [0.29, 0.717) is 14.1 Å². The van der Waals surface area contributed by atoms with E-state index in [1.54, 1.807) is 12.1 Å². The number of aromatic nitrogens is 1. The highest BCUT2D eigenvalue weighted by molar-refractivity contribution is 9.11. The Labute approximate surface area is 90.7 Å². The summed E-state index contributed by atoms with van der Waals surface area (Å²) in [7, 11) is 0. The lowest BCUT2D eigenvalue weighted by atomic mass is 10.3. The molecular formula is C8H4BrF2NOS.